The van der Waals surface area contributed by atoms with Crippen molar-refractivity contribution >= 4 is 18.0 Å². The van der Waals surface area contributed by atoms with E-state index in [2.05, 4.69) is 34.9 Å². The number of carbonyl (C=O) groups is 3. The van der Waals surface area contributed by atoms with Crippen molar-refractivity contribution in [2.75, 3.05) is 13.2 Å². The number of hydrogen-bond donors (Lipinski definition) is 3. The highest BCUT2D eigenvalue weighted by atomic mass is 16.5. The molecule has 3 aliphatic rings. The molecule has 0 aromatic heterocycles. The highest BCUT2D eigenvalue weighted by Crippen LogP contribution is 2.44. The minimum atomic E-state index is -1.08. The Kier molecular flexibility index (Phi) is 6.72. The van der Waals surface area contributed by atoms with Gasteiger partial charge in [0.2, 0.25) is 5.91 Å². The molecule has 2 fully saturated rings. The number of carboxylic acids is 1. The molecular weight excluding hydrogens is 448 g/mol. The quantitative estimate of drug-likeness (QED) is 0.586. The Morgan fingerprint density at radius 3 is 2.23 bits per heavy atom. The SMILES string of the molecule is O=C(NC1CCCCC1C(=O)NC1CCOC1C(=O)O)OCC1c2ccccc2-c2ccccc21. The average Bonchev–Trinajstić information content (AvgIpc) is 3.46. The lowest BCUT2D eigenvalue weighted by atomic mass is 9.83. The van der Waals surface area contributed by atoms with Crippen molar-refractivity contribution in [3.05, 3.63) is 59.7 Å². The van der Waals surface area contributed by atoms with Gasteiger partial charge in [0, 0.05) is 18.6 Å². The molecule has 1 saturated carbocycles. The van der Waals surface area contributed by atoms with E-state index in [1.807, 2.05) is 24.3 Å². The molecule has 1 heterocycles. The molecule has 1 saturated heterocycles. The van der Waals surface area contributed by atoms with Gasteiger partial charge in [-0.15, -0.1) is 0 Å². The summed E-state index contributed by atoms with van der Waals surface area (Å²) in [7, 11) is 0. The predicted octanol–water partition coefficient (Wildman–Crippen LogP) is 3.44. The van der Waals surface area contributed by atoms with Crippen LogP contribution in [-0.4, -0.2) is 54.5 Å². The molecule has 35 heavy (non-hydrogen) atoms. The maximum atomic E-state index is 13.0. The zero-order valence-electron chi connectivity index (χ0n) is 19.4. The summed E-state index contributed by atoms with van der Waals surface area (Å²) in [6.07, 6.45) is 1.98. The number of carboxylic acid groups (broad SMARTS) is 1. The largest absolute Gasteiger partial charge is 0.479 e. The number of carbonyl (C=O) groups excluding carboxylic acids is 2. The molecule has 5 rings (SSSR count). The van der Waals surface area contributed by atoms with Crippen LogP contribution in [0.25, 0.3) is 11.1 Å². The number of hydrogen-bond acceptors (Lipinski definition) is 5. The lowest BCUT2D eigenvalue weighted by Crippen LogP contribution is -2.52. The number of alkyl carbamates (subject to hydrolysis) is 1. The first-order chi connectivity index (χ1) is 17.0. The van der Waals surface area contributed by atoms with Crippen LogP contribution in [0, 0.1) is 5.92 Å². The summed E-state index contributed by atoms with van der Waals surface area (Å²) < 4.78 is 10.9. The van der Waals surface area contributed by atoms with Crippen molar-refractivity contribution in [1.82, 2.24) is 10.6 Å². The number of benzene rings is 2. The number of ether oxygens (including phenoxy) is 2. The normalized spacial score (nSPS) is 25.4. The first kappa shape index (κ1) is 23.4. The van der Waals surface area contributed by atoms with Gasteiger partial charge in [-0.25, -0.2) is 9.59 Å². The van der Waals surface area contributed by atoms with Crippen molar-refractivity contribution in [2.24, 2.45) is 5.92 Å². The first-order valence-corrected chi connectivity index (χ1v) is 12.3. The van der Waals surface area contributed by atoms with Gasteiger partial charge in [0.1, 0.15) is 6.61 Å². The molecule has 0 spiro atoms. The number of nitrogens with one attached hydrogen (secondary N) is 2. The van der Waals surface area contributed by atoms with Gasteiger partial charge in [-0.3, -0.25) is 4.79 Å². The van der Waals surface area contributed by atoms with E-state index in [4.69, 9.17) is 9.47 Å². The van der Waals surface area contributed by atoms with Gasteiger partial charge in [0.25, 0.3) is 0 Å². The van der Waals surface area contributed by atoms with Gasteiger partial charge in [0.05, 0.1) is 12.0 Å². The summed E-state index contributed by atoms with van der Waals surface area (Å²) in [5.41, 5.74) is 4.61. The molecule has 8 nitrogen and oxygen atoms in total. The van der Waals surface area contributed by atoms with Crippen molar-refractivity contribution in [2.45, 2.75) is 56.2 Å². The molecule has 3 N–H and O–H groups in total. The van der Waals surface area contributed by atoms with Crippen LogP contribution >= 0.6 is 0 Å². The van der Waals surface area contributed by atoms with Crippen LogP contribution in [0.1, 0.15) is 49.1 Å². The third-order valence-corrected chi connectivity index (χ3v) is 7.41. The van der Waals surface area contributed by atoms with Crippen LogP contribution in [0.5, 0.6) is 0 Å². The first-order valence-electron chi connectivity index (χ1n) is 12.3. The summed E-state index contributed by atoms with van der Waals surface area (Å²) in [6, 6.07) is 15.4. The van der Waals surface area contributed by atoms with Crippen molar-refractivity contribution in [3.63, 3.8) is 0 Å². The average molecular weight is 479 g/mol. The lowest BCUT2D eigenvalue weighted by Gasteiger charge is -2.32. The van der Waals surface area contributed by atoms with Crippen molar-refractivity contribution < 1.29 is 29.0 Å². The molecule has 0 radical (unpaired) electrons. The Morgan fingerprint density at radius 1 is 0.886 bits per heavy atom. The van der Waals surface area contributed by atoms with Crippen LogP contribution in [0.4, 0.5) is 4.79 Å². The Morgan fingerprint density at radius 2 is 1.54 bits per heavy atom. The summed E-state index contributed by atoms with van der Waals surface area (Å²) in [5, 5.41) is 15.1. The van der Waals surface area contributed by atoms with Crippen LogP contribution < -0.4 is 10.6 Å². The monoisotopic (exact) mass is 478 g/mol. The van der Waals surface area contributed by atoms with E-state index < -0.39 is 30.1 Å². The second-order valence-corrected chi connectivity index (χ2v) is 9.50. The highest BCUT2D eigenvalue weighted by molar-refractivity contribution is 5.83. The fourth-order valence-electron chi connectivity index (χ4n) is 5.68. The number of fused-ring (bicyclic) bond motifs is 3. The van der Waals surface area contributed by atoms with Crippen LogP contribution in [0.15, 0.2) is 48.5 Å². The fourth-order valence-corrected chi connectivity index (χ4v) is 5.68. The molecule has 4 unspecified atom stereocenters. The summed E-state index contributed by atoms with van der Waals surface area (Å²) >= 11 is 0. The van der Waals surface area contributed by atoms with E-state index in [1.165, 1.54) is 0 Å². The molecule has 4 atom stereocenters. The van der Waals surface area contributed by atoms with E-state index >= 15 is 0 Å². The number of amides is 2. The maximum Gasteiger partial charge on any atom is 0.407 e. The summed E-state index contributed by atoms with van der Waals surface area (Å²) in [6.45, 7) is 0.511. The van der Waals surface area contributed by atoms with Crippen LogP contribution in [-0.2, 0) is 19.1 Å². The third kappa shape index (κ3) is 4.75. The van der Waals surface area contributed by atoms with E-state index in [-0.39, 0.29) is 24.5 Å². The second-order valence-electron chi connectivity index (χ2n) is 9.50. The zero-order chi connectivity index (χ0) is 24.4. The van der Waals surface area contributed by atoms with Crippen LogP contribution in [0.2, 0.25) is 0 Å². The Bertz CT molecular complexity index is 1070. The topological polar surface area (TPSA) is 114 Å². The Balaban J connectivity index is 1.21. The lowest BCUT2D eigenvalue weighted by molar-refractivity contribution is -0.148. The third-order valence-electron chi connectivity index (χ3n) is 7.41. The summed E-state index contributed by atoms with van der Waals surface area (Å²) in [5.74, 6) is -1.78. The van der Waals surface area contributed by atoms with Crippen LogP contribution in [0.3, 0.4) is 0 Å². The molecule has 2 aromatic carbocycles. The standard InChI is InChI=1S/C27H30N2O6/c30-25(28-23-13-14-34-24(23)26(31)32)20-11-5-6-12-22(20)29-27(33)35-15-21-18-9-3-1-7-16(18)17-8-2-4-10-19(17)21/h1-4,7-10,20-24H,5-6,11-15H2,(H,28,30)(H,29,33)(H,31,32). The minimum Gasteiger partial charge on any atom is -0.479 e. The number of aliphatic carboxylic acids is 1. The second kappa shape index (κ2) is 10.1. The van der Waals surface area contributed by atoms with E-state index in [9.17, 15) is 19.5 Å². The van der Waals surface area contributed by atoms with Crippen molar-refractivity contribution in [1.29, 1.82) is 0 Å². The van der Waals surface area contributed by atoms with E-state index in [0.29, 0.717) is 25.9 Å². The van der Waals surface area contributed by atoms with E-state index in [0.717, 1.165) is 35.1 Å². The number of rotatable bonds is 6. The predicted molar refractivity (Wildman–Crippen MR) is 128 cm³/mol. The molecule has 1 aliphatic heterocycles. The molecule has 2 amide bonds. The highest BCUT2D eigenvalue weighted by Gasteiger charge is 2.39. The molecular formula is C27H30N2O6. The zero-order valence-corrected chi connectivity index (χ0v) is 19.4. The van der Waals surface area contributed by atoms with Gasteiger partial charge >= 0.3 is 12.1 Å². The molecule has 0 bridgehead atoms. The van der Waals surface area contributed by atoms with Gasteiger partial charge < -0.3 is 25.2 Å². The van der Waals surface area contributed by atoms with E-state index in [1.54, 1.807) is 0 Å². The Hall–Kier alpha value is -3.39. The molecule has 184 valence electrons. The van der Waals surface area contributed by atoms with Gasteiger partial charge in [-0.2, -0.15) is 0 Å². The summed E-state index contributed by atoms with van der Waals surface area (Å²) in [4.78, 5) is 37.2. The molecule has 2 aliphatic carbocycles. The molecule has 2 aromatic rings. The van der Waals surface area contributed by atoms with Gasteiger partial charge in [-0.05, 0) is 41.5 Å². The Labute approximate surface area is 204 Å². The van der Waals surface area contributed by atoms with Gasteiger partial charge in [-0.1, -0.05) is 61.4 Å². The minimum absolute atomic E-state index is 0.0334. The fraction of sp³-hybridized carbons (Fsp3) is 0.444. The smallest absolute Gasteiger partial charge is 0.407 e. The van der Waals surface area contributed by atoms with Gasteiger partial charge in [0.15, 0.2) is 6.10 Å². The maximum absolute atomic E-state index is 13.0. The molecule has 8 heteroatoms. The van der Waals surface area contributed by atoms with Crippen molar-refractivity contribution in [3.8, 4) is 11.1 Å².